The third-order valence-corrected chi connectivity index (χ3v) is 3.20. The maximum Gasteiger partial charge on any atom is 0.236 e. The summed E-state index contributed by atoms with van der Waals surface area (Å²) in [4.78, 5) is 7.82. The summed E-state index contributed by atoms with van der Waals surface area (Å²) >= 11 is 11.9. The van der Waals surface area contributed by atoms with E-state index in [1.807, 2.05) is 0 Å². The van der Waals surface area contributed by atoms with Gasteiger partial charge in [-0.3, -0.25) is 0 Å². The summed E-state index contributed by atoms with van der Waals surface area (Å²) in [6.07, 6.45) is 1.27. The number of aromatic nitrogens is 2. The van der Waals surface area contributed by atoms with Crippen LogP contribution in [-0.4, -0.2) is 17.1 Å². The molecular formula is C12H9Cl2FN2O. The molecule has 1 aromatic heterocycles. The van der Waals surface area contributed by atoms with Crippen LogP contribution in [0.25, 0.3) is 11.3 Å². The summed E-state index contributed by atoms with van der Waals surface area (Å²) in [7, 11) is 1.43. The van der Waals surface area contributed by atoms with Crippen LogP contribution in [0.15, 0.2) is 18.5 Å². The number of hydrogen-bond donors (Lipinski definition) is 0. The molecule has 0 amide bonds. The Kier molecular flexibility index (Phi) is 3.68. The van der Waals surface area contributed by atoms with Crippen LogP contribution in [0.3, 0.4) is 0 Å². The largest absolute Gasteiger partial charge is 0.480 e. The second-order valence-corrected chi connectivity index (χ2v) is 4.41. The van der Waals surface area contributed by atoms with E-state index in [-0.39, 0.29) is 22.2 Å². The average molecular weight is 287 g/mol. The molecule has 0 bridgehead atoms. The zero-order valence-electron chi connectivity index (χ0n) is 9.67. The van der Waals surface area contributed by atoms with Gasteiger partial charge in [0.25, 0.3) is 0 Å². The zero-order chi connectivity index (χ0) is 13.3. The molecule has 0 spiro atoms. The first-order chi connectivity index (χ1) is 8.54. The molecule has 0 aliphatic heterocycles. The highest BCUT2D eigenvalue weighted by molar-refractivity contribution is 6.34. The van der Waals surface area contributed by atoms with Gasteiger partial charge in [-0.2, -0.15) is 0 Å². The molecule has 3 nitrogen and oxygen atoms in total. The number of benzene rings is 1. The van der Waals surface area contributed by atoms with Crippen LogP contribution in [0.1, 0.15) is 5.56 Å². The lowest BCUT2D eigenvalue weighted by Crippen LogP contribution is -1.96. The Bertz CT molecular complexity index is 605. The van der Waals surface area contributed by atoms with Crippen molar-refractivity contribution in [3.05, 3.63) is 39.9 Å². The van der Waals surface area contributed by atoms with E-state index in [0.29, 0.717) is 5.02 Å². The van der Waals surface area contributed by atoms with E-state index in [2.05, 4.69) is 9.97 Å². The minimum absolute atomic E-state index is 0.167. The van der Waals surface area contributed by atoms with Crippen molar-refractivity contribution in [2.75, 3.05) is 7.11 Å². The van der Waals surface area contributed by atoms with Gasteiger partial charge >= 0.3 is 0 Å². The van der Waals surface area contributed by atoms with Gasteiger partial charge < -0.3 is 4.74 Å². The Morgan fingerprint density at radius 1 is 1.22 bits per heavy atom. The highest BCUT2D eigenvalue weighted by Gasteiger charge is 2.16. The molecule has 2 aromatic rings. The van der Waals surface area contributed by atoms with Gasteiger partial charge in [0.1, 0.15) is 17.2 Å². The lowest BCUT2D eigenvalue weighted by Gasteiger charge is -2.09. The SMILES string of the molecule is COc1ncnc(-c2cc(C)c(Cl)cc2F)c1Cl. The van der Waals surface area contributed by atoms with Gasteiger partial charge in [-0.15, -0.1) is 0 Å². The Morgan fingerprint density at radius 2 is 1.94 bits per heavy atom. The number of halogens is 3. The fraction of sp³-hybridized carbons (Fsp3) is 0.167. The number of aryl methyl sites for hydroxylation is 1. The molecule has 94 valence electrons. The van der Waals surface area contributed by atoms with Gasteiger partial charge in [0.05, 0.1) is 12.8 Å². The first kappa shape index (κ1) is 13.1. The number of ether oxygens (including phenoxy) is 1. The number of nitrogens with zero attached hydrogens (tertiary/aromatic N) is 2. The fourth-order valence-corrected chi connectivity index (χ4v) is 1.95. The van der Waals surface area contributed by atoms with Crippen LogP contribution >= 0.6 is 23.2 Å². The molecule has 0 fully saturated rings. The van der Waals surface area contributed by atoms with Crippen molar-refractivity contribution in [2.45, 2.75) is 6.92 Å². The van der Waals surface area contributed by atoms with Crippen LogP contribution in [0.2, 0.25) is 10.0 Å². The van der Waals surface area contributed by atoms with Crippen molar-refractivity contribution in [3.8, 4) is 17.1 Å². The van der Waals surface area contributed by atoms with Gasteiger partial charge in [0.2, 0.25) is 5.88 Å². The van der Waals surface area contributed by atoms with Crippen molar-refractivity contribution in [1.82, 2.24) is 9.97 Å². The lowest BCUT2D eigenvalue weighted by molar-refractivity contribution is 0.397. The second-order valence-electron chi connectivity index (χ2n) is 3.63. The number of rotatable bonds is 2. The van der Waals surface area contributed by atoms with E-state index >= 15 is 0 Å². The van der Waals surface area contributed by atoms with E-state index in [9.17, 15) is 4.39 Å². The topological polar surface area (TPSA) is 35.0 Å². The molecule has 1 heterocycles. The summed E-state index contributed by atoms with van der Waals surface area (Å²) in [5.74, 6) is -0.290. The van der Waals surface area contributed by atoms with Crippen molar-refractivity contribution >= 4 is 23.2 Å². The minimum Gasteiger partial charge on any atom is -0.480 e. The van der Waals surface area contributed by atoms with Crippen LogP contribution in [0.5, 0.6) is 5.88 Å². The minimum atomic E-state index is -0.492. The standard InChI is InChI=1S/C12H9Cl2FN2O/c1-6-3-7(9(15)4-8(6)13)11-10(14)12(18-2)17-5-16-11/h3-5H,1-2H3. The maximum atomic E-state index is 13.9. The molecule has 0 saturated heterocycles. The smallest absolute Gasteiger partial charge is 0.236 e. The molecule has 0 radical (unpaired) electrons. The fourth-order valence-electron chi connectivity index (χ4n) is 1.52. The summed E-state index contributed by atoms with van der Waals surface area (Å²) in [5, 5.41) is 0.522. The predicted molar refractivity (Wildman–Crippen MR) is 68.7 cm³/mol. The first-order valence-electron chi connectivity index (χ1n) is 5.05. The van der Waals surface area contributed by atoms with Gasteiger partial charge in [-0.25, -0.2) is 14.4 Å². The second kappa shape index (κ2) is 5.08. The molecule has 0 aliphatic rings. The highest BCUT2D eigenvalue weighted by Crippen LogP contribution is 2.34. The Balaban J connectivity index is 2.66. The quantitative estimate of drug-likeness (QED) is 0.840. The van der Waals surface area contributed by atoms with E-state index in [1.165, 1.54) is 19.5 Å². The monoisotopic (exact) mass is 286 g/mol. The summed E-state index contributed by atoms with van der Waals surface area (Å²) < 4.78 is 18.9. The molecule has 2 rings (SSSR count). The molecule has 6 heteroatoms. The lowest BCUT2D eigenvalue weighted by atomic mass is 10.1. The molecular weight excluding hydrogens is 278 g/mol. The van der Waals surface area contributed by atoms with Crippen LogP contribution in [0.4, 0.5) is 4.39 Å². The summed E-state index contributed by atoms with van der Waals surface area (Å²) in [6, 6.07) is 2.82. The zero-order valence-corrected chi connectivity index (χ0v) is 11.2. The van der Waals surface area contributed by atoms with Crippen LogP contribution in [0, 0.1) is 12.7 Å². The summed E-state index contributed by atoms with van der Waals surface area (Å²) in [5.41, 5.74) is 1.28. The van der Waals surface area contributed by atoms with Crippen molar-refractivity contribution in [3.63, 3.8) is 0 Å². The van der Waals surface area contributed by atoms with Crippen LogP contribution in [-0.2, 0) is 0 Å². The Morgan fingerprint density at radius 3 is 2.61 bits per heavy atom. The molecule has 0 saturated carbocycles. The van der Waals surface area contributed by atoms with Crippen molar-refractivity contribution < 1.29 is 9.13 Å². The third kappa shape index (κ3) is 2.26. The predicted octanol–water partition coefficient (Wildman–Crippen LogP) is 3.91. The van der Waals surface area contributed by atoms with E-state index < -0.39 is 5.82 Å². The Labute approximate surface area is 114 Å². The number of methoxy groups -OCH3 is 1. The van der Waals surface area contributed by atoms with E-state index in [4.69, 9.17) is 27.9 Å². The normalized spacial score (nSPS) is 10.5. The molecule has 18 heavy (non-hydrogen) atoms. The molecule has 1 aromatic carbocycles. The number of hydrogen-bond acceptors (Lipinski definition) is 3. The van der Waals surface area contributed by atoms with Crippen LogP contribution < -0.4 is 4.74 Å². The molecule has 0 atom stereocenters. The van der Waals surface area contributed by atoms with E-state index in [1.54, 1.807) is 13.0 Å². The van der Waals surface area contributed by atoms with Gasteiger partial charge in [0.15, 0.2) is 0 Å². The van der Waals surface area contributed by atoms with Crippen molar-refractivity contribution in [1.29, 1.82) is 0 Å². The average Bonchev–Trinajstić information content (AvgIpc) is 2.34. The first-order valence-corrected chi connectivity index (χ1v) is 5.80. The van der Waals surface area contributed by atoms with Gasteiger partial charge in [-0.05, 0) is 24.6 Å². The summed E-state index contributed by atoms with van der Waals surface area (Å²) in [6.45, 7) is 1.78. The van der Waals surface area contributed by atoms with Gasteiger partial charge in [-0.1, -0.05) is 23.2 Å². The van der Waals surface area contributed by atoms with E-state index in [0.717, 1.165) is 5.56 Å². The maximum absolute atomic E-state index is 13.9. The Hall–Kier alpha value is -1.39. The molecule has 0 aliphatic carbocycles. The highest BCUT2D eigenvalue weighted by atomic mass is 35.5. The third-order valence-electron chi connectivity index (χ3n) is 2.45. The molecule has 0 unspecified atom stereocenters. The van der Waals surface area contributed by atoms with Crippen molar-refractivity contribution in [2.24, 2.45) is 0 Å². The molecule has 0 N–H and O–H groups in total. The van der Waals surface area contributed by atoms with Gasteiger partial charge in [0, 0.05) is 10.6 Å².